The highest BCUT2D eigenvalue weighted by Gasteiger charge is 2.19. The van der Waals surface area contributed by atoms with E-state index in [-0.39, 0.29) is 5.92 Å². The van der Waals surface area contributed by atoms with Crippen molar-refractivity contribution in [1.29, 1.82) is 5.26 Å². The molecular weight excluding hydrogens is 164 g/mol. The first-order chi connectivity index (χ1) is 6.26. The van der Waals surface area contributed by atoms with Gasteiger partial charge in [-0.2, -0.15) is 5.26 Å². The lowest BCUT2D eigenvalue weighted by atomic mass is 10.1. The van der Waals surface area contributed by atoms with Crippen molar-refractivity contribution in [3.05, 3.63) is 0 Å². The Labute approximate surface area is 80.3 Å². The van der Waals surface area contributed by atoms with Gasteiger partial charge in [-0.15, -0.1) is 0 Å². The van der Waals surface area contributed by atoms with Gasteiger partial charge in [0.15, 0.2) is 0 Å². The zero-order valence-corrected chi connectivity index (χ0v) is 8.49. The third kappa shape index (κ3) is 3.33. The van der Waals surface area contributed by atoms with Crippen molar-refractivity contribution in [3.8, 4) is 6.07 Å². The average Bonchev–Trinajstić information content (AvgIpc) is 2.19. The van der Waals surface area contributed by atoms with Crippen molar-refractivity contribution in [2.45, 2.75) is 25.9 Å². The number of nitriles is 1. The second kappa shape index (κ2) is 5.21. The number of likely N-dealkylation sites (tertiary alicyclic amines) is 1. The van der Waals surface area contributed by atoms with Crippen LogP contribution in [0.15, 0.2) is 0 Å². The Morgan fingerprint density at radius 2 is 2.15 bits per heavy atom. The van der Waals surface area contributed by atoms with E-state index in [0.29, 0.717) is 6.10 Å². The van der Waals surface area contributed by atoms with Crippen LogP contribution in [0.4, 0.5) is 0 Å². The number of nitrogens with zero attached hydrogens (tertiary/aromatic N) is 2. The molecule has 3 nitrogen and oxygen atoms in total. The molecule has 1 fully saturated rings. The van der Waals surface area contributed by atoms with Crippen molar-refractivity contribution in [2.24, 2.45) is 5.92 Å². The first-order valence-corrected chi connectivity index (χ1v) is 4.91. The minimum Gasteiger partial charge on any atom is -0.381 e. The lowest BCUT2D eigenvalue weighted by Crippen LogP contribution is -2.38. The molecule has 74 valence electrons. The zero-order chi connectivity index (χ0) is 9.68. The zero-order valence-electron chi connectivity index (χ0n) is 8.49. The molecule has 0 aromatic rings. The first-order valence-electron chi connectivity index (χ1n) is 4.91. The van der Waals surface area contributed by atoms with Crippen LogP contribution in [0, 0.1) is 17.2 Å². The van der Waals surface area contributed by atoms with Gasteiger partial charge in [0.25, 0.3) is 0 Å². The normalized spacial score (nSPS) is 22.5. The Balaban J connectivity index is 2.22. The molecule has 0 saturated carbocycles. The SMILES string of the molecule is COC1CCN(CC(C)C#N)CC1. The van der Waals surface area contributed by atoms with Gasteiger partial charge in [-0.05, 0) is 19.8 Å². The predicted octanol–water partition coefficient (Wildman–Crippen LogP) is 1.26. The first kappa shape index (κ1) is 10.5. The topological polar surface area (TPSA) is 36.3 Å². The van der Waals surface area contributed by atoms with Crippen LogP contribution in [0.5, 0.6) is 0 Å². The molecule has 0 radical (unpaired) electrons. The lowest BCUT2D eigenvalue weighted by Gasteiger charge is -2.31. The van der Waals surface area contributed by atoms with Crippen molar-refractivity contribution < 1.29 is 4.74 Å². The van der Waals surface area contributed by atoms with E-state index in [1.807, 2.05) is 6.92 Å². The quantitative estimate of drug-likeness (QED) is 0.659. The standard InChI is InChI=1S/C10H18N2O/c1-9(7-11)8-12-5-3-10(13-2)4-6-12/h9-10H,3-6,8H2,1-2H3. The van der Waals surface area contributed by atoms with Gasteiger partial charge >= 0.3 is 0 Å². The highest BCUT2D eigenvalue weighted by atomic mass is 16.5. The number of piperidine rings is 1. The molecule has 0 amide bonds. The highest BCUT2D eigenvalue weighted by molar-refractivity contribution is 4.83. The third-order valence-corrected chi connectivity index (χ3v) is 2.62. The fourth-order valence-electron chi connectivity index (χ4n) is 1.76. The molecule has 0 bridgehead atoms. The molecule has 0 aliphatic carbocycles. The van der Waals surface area contributed by atoms with Crippen LogP contribution in [0.1, 0.15) is 19.8 Å². The minimum atomic E-state index is 0.152. The van der Waals surface area contributed by atoms with Crippen LogP contribution in [-0.4, -0.2) is 37.7 Å². The van der Waals surface area contributed by atoms with Crippen LogP contribution in [0.2, 0.25) is 0 Å². The van der Waals surface area contributed by atoms with E-state index in [9.17, 15) is 0 Å². The summed E-state index contributed by atoms with van der Waals surface area (Å²) in [6.45, 7) is 5.03. The van der Waals surface area contributed by atoms with E-state index in [1.165, 1.54) is 0 Å². The summed E-state index contributed by atoms with van der Waals surface area (Å²) in [5.74, 6) is 0.152. The molecule has 0 spiro atoms. The summed E-state index contributed by atoms with van der Waals surface area (Å²) in [5, 5.41) is 8.66. The second-order valence-corrected chi connectivity index (χ2v) is 3.77. The van der Waals surface area contributed by atoms with E-state index in [4.69, 9.17) is 10.00 Å². The predicted molar refractivity (Wildman–Crippen MR) is 51.2 cm³/mol. The fraction of sp³-hybridized carbons (Fsp3) is 0.900. The summed E-state index contributed by atoms with van der Waals surface area (Å²) in [6, 6.07) is 2.26. The molecule has 1 heterocycles. The maximum atomic E-state index is 8.66. The molecule has 0 aromatic heterocycles. The van der Waals surface area contributed by atoms with Crippen molar-refractivity contribution in [2.75, 3.05) is 26.7 Å². The Morgan fingerprint density at radius 3 is 2.62 bits per heavy atom. The molecule has 1 saturated heterocycles. The van der Waals surface area contributed by atoms with Gasteiger partial charge in [0.05, 0.1) is 18.1 Å². The number of methoxy groups -OCH3 is 1. The smallest absolute Gasteiger partial charge is 0.0666 e. The molecule has 1 rings (SSSR count). The molecule has 1 aliphatic rings. The number of ether oxygens (including phenoxy) is 1. The van der Waals surface area contributed by atoms with Gasteiger partial charge in [0, 0.05) is 26.7 Å². The van der Waals surface area contributed by atoms with Gasteiger partial charge in [0.1, 0.15) is 0 Å². The maximum Gasteiger partial charge on any atom is 0.0666 e. The molecule has 0 aromatic carbocycles. The van der Waals surface area contributed by atoms with E-state index < -0.39 is 0 Å². The van der Waals surface area contributed by atoms with E-state index >= 15 is 0 Å². The van der Waals surface area contributed by atoms with E-state index in [0.717, 1.165) is 32.5 Å². The summed E-state index contributed by atoms with van der Waals surface area (Å²) >= 11 is 0. The molecule has 3 heteroatoms. The lowest BCUT2D eigenvalue weighted by molar-refractivity contribution is 0.0391. The van der Waals surface area contributed by atoms with Crippen molar-refractivity contribution in [3.63, 3.8) is 0 Å². The van der Waals surface area contributed by atoms with Crippen LogP contribution < -0.4 is 0 Å². The van der Waals surface area contributed by atoms with E-state index in [2.05, 4.69) is 11.0 Å². The monoisotopic (exact) mass is 182 g/mol. The van der Waals surface area contributed by atoms with Crippen LogP contribution in [-0.2, 0) is 4.74 Å². The van der Waals surface area contributed by atoms with Gasteiger partial charge in [-0.1, -0.05) is 0 Å². The van der Waals surface area contributed by atoms with Crippen molar-refractivity contribution in [1.82, 2.24) is 4.90 Å². The second-order valence-electron chi connectivity index (χ2n) is 3.77. The number of hydrogen-bond acceptors (Lipinski definition) is 3. The molecule has 1 atom stereocenters. The summed E-state index contributed by atoms with van der Waals surface area (Å²) in [4.78, 5) is 2.35. The van der Waals surface area contributed by atoms with Gasteiger partial charge in [0.2, 0.25) is 0 Å². The third-order valence-electron chi connectivity index (χ3n) is 2.62. The average molecular weight is 182 g/mol. The Bertz CT molecular complexity index is 180. The van der Waals surface area contributed by atoms with Crippen molar-refractivity contribution >= 4 is 0 Å². The largest absolute Gasteiger partial charge is 0.381 e. The Hall–Kier alpha value is -0.590. The molecule has 13 heavy (non-hydrogen) atoms. The van der Waals surface area contributed by atoms with Crippen LogP contribution >= 0.6 is 0 Å². The summed E-state index contributed by atoms with van der Waals surface area (Å²) < 4.78 is 5.28. The van der Waals surface area contributed by atoms with Gasteiger partial charge in [-0.3, -0.25) is 0 Å². The summed E-state index contributed by atoms with van der Waals surface area (Å²) in [7, 11) is 1.78. The van der Waals surface area contributed by atoms with Gasteiger partial charge in [-0.25, -0.2) is 0 Å². The summed E-state index contributed by atoms with van der Waals surface area (Å²) in [5.41, 5.74) is 0. The van der Waals surface area contributed by atoms with Crippen LogP contribution in [0.3, 0.4) is 0 Å². The number of rotatable bonds is 3. The van der Waals surface area contributed by atoms with E-state index in [1.54, 1.807) is 7.11 Å². The minimum absolute atomic E-state index is 0.152. The number of hydrogen-bond donors (Lipinski definition) is 0. The molecule has 1 unspecified atom stereocenters. The Morgan fingerprint density at radius 1 is 1.54 bits per heavy atom. The van der Waals surface area contributed by atoms with Crippen LogP contribution in [0.25, 0.3) is 0 Å². The highest BCUT2D eigenvalue weighted by Crippen LogP contribution is 2.13. The van der Waals surface area contributed by atoms with Gasteiger partial charge < -0.3 is 9.64 Å². The molecular formula is C10H18N2O. The summed E-state index contributed by atoms with van der Waals surface area (Å²) in [6.07, 6.45) is 2.65. The maximum absolute atomic E-state index is 8.66. The molecule has 1 aliphatic heterocycles. The fourth-order valence-corrected chi connectivity index (χ4v) is 1.76. The Kier molecular flexibility index (Phi) is 4.20. The molecule has 0 N–H and O–H groups in total.